The van der Waals surface area contributed by atoms with E-state index in [-0.39, 0.29) is 12.0 Å². The Labute approximate surface area is 124 Å². The van der Waals surface area contributed by atoms with Crippen molar-refractivity contribution >= 4 is 11.6 Å². The summed E-state index contributed by atoms with van der Waals surface area (Å²) in [4.78, 5) is 12.3. The van der Waals surface area contributed by atoms with Crippen LogP contribution >= 0.6 is 0 Å². The molecule has 0 spiro atoms. The molecular formula is C16H21N3O2. The van der Waals surface area contributed by atoms with Gasteiger partial charge in [0, 0.05) is 18.4 Å². The van der Waals surface area contributed by atoms with Crippen LogP contribution in [-0.2, 0) is 7.05 Å². The zero-order valence-corrected chi connectivity index (χ0v) is 13.1. The molecule has 0 atom stereocenters. The highest BCUT2D eigenvalue weighted by Gasteiger charge is 2.17. The third-order valence-electron chi connectivity index (χ3n) is 3.22. The molecule has 0 fully saturated rings. The predicted octanol–water partition coefficient (Wildman–Crippen LogP) is 3.08. The quantitative estimate of drug-likeness (QED) is 0.940. The number of carbonyl (C=O) groups excluding carboxylic acids is 1. The predicted molar refractivity (Wildman–Crippen MR) is 82.8 cm³/mol. The number of hydrogen-bond acceptors (Lipinski definition) is 3. The minimum absolute atomic E-state index is 0.131. The number of benzene rings is 1. The summed E-state index contributed by atoms with van der Waals surface area (Å²) in [7, 11) is 1.83. The van der Waals surface area contributed by atoms with Crippen molar-refractivity contribution in [2.45, 2.75) is 33.8 Å². The third kappa shape index (κ3) is 3.42. The molecule has 1 aromatic heterocycles. The number of rotatable bonds is 4. The number of anilines is 1. The van der Waals surface area contributed by atoms with Gasteiger partial charge < -0.3 is 10.1 Å². The van der Waals surface area contributed by atoms with Gasteiger partial charge in [0.25, 0.3) is 5.91 Å². The molecule has 2 aromatic rings. The van der Waals surface area contributed by atoms with E-state index in [0.717, 1.165) is 22.8 Å². The van der Waals surface area contributed by atoms with Crippen molar-refractivity contribution in [1.82, 2.24) is 9.78 Å². The molecule has 0 bridgehead atoms. The first kappa shape index (κ1) is 15.1. The Bertz CT molecular complexity index is 642. The first-order valence-electron chi connectivity index (χ1n) is 6.96. The van der Waals surface area contributed by atoms with Gasteiger partial charge in [0.05, 0.1) is 17.4 Å². The Kier molecular flexibility index (Phi) is 4.31. The van der Waals surface area contributed by atoms with Crippen molar-refractivity contribution in [1.29, 1.82) is 0 Å². The zero-order valence-electron chi connectivity index (χ0n) is 13.1. The molecular weight excluding hydrogens is 266 g/mol. The maximum Gasteiger partial charge on any atom is 0.259 e. The van der Waals surface area contributed by atoms with E-state index in [4.69, 9.17) is 4.74 Å². The Balaban J connectivity index is 2.12. The number of aromatic nitrogens is 2. The Hall–Kier alpha value is -2.30. The molecule has 0 aliphatic carbocycles. The largest absolute Gasteiger partial charge is 0.491 e. The van der Waals surface area contributed by atoms with Crippen molar-refractivity contribution < 1.29 is 9.53 Å². The number of nitrogens with zero attached hydrogens (tertiary/aromatic N) is 2. The smallest absolute Gasteiger partial charge is 0.259 e. The summed E-state index contributed by atoms with van der Waals surface area (Å²) in [6.45, 7) is 7.67. The first-order chi connectivity index (χ1) is 9.88. The van der Waals surface area contributed by atoms with Crippen molar-refractivity contribution in [2.24, 2.45) is 7.05 Å². The second-order valence-corrected chi connectivity index (χ2v) is 5.31. The maximum atomic E-state index is 12.3. The molecule has 0 radical (unpaired) electrons. The summed E-state index contributed by atoms with van der Waals surface area (Å²) in [5, 5.41) is 7.14. The van der Waals surface area contributed by atoms with Crippen LogP contribution in [0.4, 0.5) is 5.69 Å². The van der Waals surface area contributed by atoms with Gasteiger partial charge in [-0.15, -0.1) is 0 Å². The molecule has 1 N–H and O–H groups in total. The van der Waals surface area contributed by atoms with Crippen LogP contribution in [0.5, 0.6) is 5.75 Å². The van der Waals surface area contributed by atoms with Gasteiger partial charge >= 0.3 is 0 Å². The lowest BCUT2D eigenvalue weighted by atomic mass is 10.2. The van der Waals surface area contributed by atoms with E-state index >= 15 is 0 Å². The van der Waals surface area contributed by atoms with Crippen LogP contribution in [0.2, 0.25) is 0 Å². The van der Waals surface area contributed by atoms with Crippen LogP contribution in [-0.4, -0.2) is 21.8 Å². The standard InChI is InChI=1S/C16H21N3O2/c1-10(2)21-14-8-6-13(7-9-14)17-16(20)15-11(3)18-19(5)12(15)4/h6-10H,1-5H3,(H,17,20). The van der Waals surface area contributed by atoms with Gasteiger partial charge in [-0.1, -0.05) is 0 Å². The fourth-order valence-corrected chi connectivity index (χ4v) is 2.18. The Morgan fingerprint density at radius 2 is 1.86 bits per heavy atom. The molecule has 1 amide bonds. The summed E-state index contributed by atoms with van der Waals surface area (Å²) in [6, 6.07) is 7.35. The molecule has 5 nitrogen and oxygen atoms in total. The van der Waals surface area contributed by atoms with E-state index < -0.39 is 0 Å². The van der Waals surface area contributed by atoms with E-state index in [9.17, 15) is 4.79 Å². The Morgan fingerprint density at radius 3 is 2.33 bits per heavy atom. The lowest BCUT2D eigenvalue weighted by Crippen LogP contribution is -2.14. The van der Waals surface area contributed by atoms with Gasteiger partial charge in [-0.2, -0.15) is 5.10 Å². The SMILES string of the molecule is Cc1nn(C)c(C)c1C(=O)Nc1ccc(OC(C)C)cc1. The summed E-state index contributed by atoms with van der Waals surface area (Å²) >= 11 is 0. The monoisotopic (exact) mass is 287 g/mol. The molecule has 1 heterocycles. The molecule has 0 aliphatic heterocycles. The second-order valence-electron chi connectivity index (χ2n) is 5.31. The van der Waals surface area contributed by atoms with Crippen LogP contribution in [0.3, 0.4) is 0 Å². The van der Waals surface area contributed by atoms with Gasteiger partial charge in [0.15, 0.2) is 0 Å². The van der Waals surface area contributed by atoms with Gasteiger partial charge in [-0.25, -0.2) is 0 Å². The van der Waals surface area contributed by atoms with E-state index in [0.29, 0.717) is 5.56 Å². The number of carbonyl (C=O) groups is 1. The fourth-order valence-electron chi connectivity index (χ4n) is 2.18. The van der Waals surface area contributed by atoms with E-state index in [1.165, 1.54) is 0 Å². The van der Waals surface area contributed by atoms with Crippen molar-refractivity contribution in [3.63, 3.8) is 0 Å². The summed E-state index contributed by atoms with van der Waals surface area (Å²) in [6.07, 6.45) is 0.131. The van der Waals surface area contributed by atoms with Gasteiger partial charge in [0.2, 0.25) is 0 Å². The molecule has 5 heteroatoms. The third-order valence-corrected chi connectivity index (χ3v) is 3.22. The number of ether oxygens (including phenoxy) is 1. The number of amides is 1. The van der Waals surface area contributed by atoms with E-state index in [2.05, 4.69) is 10.4 Å². The topological polar surface area (TPSA) is 56.2 Å². The van der Waals surface area contributed by atoms with Crippen LogP contribution in [0.25, 0.3) is 0 Å². The van der Waals surface area contributed by atoms with Crippen molar-refractivity contribution in [3.8, 4) is 5.75 Å². The molecule has 0 saturated heterocycles. The normalized spacial score (nSPS) is 10.8. The summed E-state index contributed by atoms with van der Waals surface area (Å²) < 4.78 is 7.29. The molecule has 1 aromatic carbocycles. The van der Waals surface area contributed by atoms with Gasteiger partial charge in [0.1, 0.15) is 5.75 Å². The molecule has 0 unspecified atom stereocenters. The molecule has 0 aliphatic rings. The summed E-state index contributed by atoms with van der Waals surface area (Å²) in [5.74, 6) is 0.646. The number of aryl methyl sites for hydroxylation is 2. The number of hydrogen-bond donors (Lipinski definition) is 1. The highest BCUT2D eigenvalue weighted by Crippen LogP contribution is 2.19. The average molecular weight is 287 g/mol. The second kappa shape index (κ2) is 5.99. The maximum absolute atomic E-state index is 12.3. The van der Waals surface area contributed by atoms with Crippen LogP contribution < -0.4 is 10.1 Å². The van der Waals surface area contributed by atoms with Crippen LogP contribution in [0, 0.1) is 13.8 Å². The minimum Gasteiger partial charge on any atom is -0.491 e. The zero-order chi connectivity index (χ0) is 15.6. The highest BCUT2D eigenvalue weighted by molar-refractivity contribution is 6.05. The highest BCUT2D eigenvalue weighted by atomic mass is 16.5. The minimum atomic E-state index is -0.143. The van der Waals surface area contributed by atoms with Gasteiger partial charge in [-0.3, -0.25) is 9.48 Å². The van der Waals surface area contributed by atoms with E-state index in [1.807, 2.05) is 59.0 Å². The number of nitrogens with one attached hydrogen (secondary N) is 1. The van der Waals surface area contributed by atoms with Crippen LogP contribution in [0.1, 0.15) is 35.6 Å². The molecule has 0 saturated carbocycles. The first-order valence-corrected chi connectivity index (χ1v) is 6.96. The summed E-state index contributed by atoms with van der Waals surface area (Å²) in [5.41, 5.74) is 2.94. The van der Waals surface area contributed by atoms with Gasteiger partial charge in [-0.05, 0) is 52.0 Å². The lowest BCUT2D eigenvalue weighted by Gasteiger charge is -2.10. The molecule has 112 valence electrons. The van der Waals surface area contributed by atoms with Crippen LogP contribution in [0.15, 0.2) is 24.3 Å². The fraction of sp³-hybridized carbons (Fsp3) is 0.375. The van der Waals surface area contributed by atoms with E-state index in [1.54, 1.807) is 4.68 Å². The lowest BCUT2D eigenvalue weighted by molar-refractivity contribution is 0.102. The average Bonchev–Trinajstić information content (AvgIpc) is 2.65. The Morgan fingerprint density at radius 1 is 1.24 bits per heavy atom. The molecule has 2 rings (SSSR count). The molecule has 21 heavy (non-hydrogen) atoms. The van der Waals surface area contributed by atoms with Crippen molar-refractivity contribution in [2.75, 3.05) is 5.32 Å². The van der Waals surface area contributed by atoms with Crippen molar-refractivity contribution in [3.05, 3.63) is 41.2 Å².